The highest BCUT2D eigenvalue weighted by atomic mass is 16.5. The molecule has 6 aromatic carbocycles. The van der Waals surface area contributed by atoms with E-state index in [0.717, 1.165) is 78.7 Å². The number of carbonyl (C=O) groups excluding carboxylic acids is 3. The standard InChI is InChI=1S/C55H50N8O6/c1-27-36-26-41(62(47(27)36)52(64)45(60-54(66)68-2)28-10-6-4-7-11-28)50-56-37-20-18-34(24-39(37)58-50)32-16-14-31-23-33(17-15-30(31)22-32)35-19-21-38-40(25-35)59-51(57-38)49-44-42-43(44)48(42)63(49)53(65)46(61-55(67)69-3)29-12-8-5-9-13-29/h4-25,27,36,41-49,52,64H,26H2,1-3H3,(H,56,58)(H,57,59)(H,60,66)(H,61,67)/t27-,36+,41+,42-,43?,44?,45-,46+,47-,48+,49+,52?/m1/s1. The Morgan fingerprint density at radius 2 is 1.19 bits per heavy atom. The van der Waals surface area contributed by atoms with E-state index in [0.29, 0.717) is 35.2 Å². The first-order valence-electron chi connectivity index (χ1n) is 23.8. The van der Waals surface area contributed by atoms with Crippen LogP contribution in [0.5, 0.6) is 0 Å². The lowest BCUT2D eigenvalue weighted by atomic mass is 9.97. The van der Waals surface area contributed by atoms with E-state index >= 15 is 0 Å². The highest BCUT2D eigenvalue weighted by Gasteiger charge is 2.86. The molecule has 8 aromatic rings. The first kappa shape index (κ1) is 41.6. The molecule has 12 atom stereocenters. The van der Waals surface area contributed by atoms with Gasteiger partial charge in [-0.15, -0.1) is 0 Å². The normalized spacial score (nSPS) is 26.3. The summed E-state index contributed by atoms with van der Waals surface area (Å²) in [6, 6.07) is 42.9. The Bertz CT molecular complexity index is 3350. The molecule has 3 aliphatic carbocycles. The molecule has 346 valence electrons. The third kappa shape index (κ3) is 6.79. The van der Waals surface area contributed by atoms with Crippen LogP contribution in [0.4, 0.5) is 9.59 Å². The summed E-state index contributed by atoms with van der Waals surface area (Å²) in [5.74, 6) is 3.63. The lowest BCUT2D eigenvalue weighted by Crippen LogP contribution is -2.48. The molecule has 5 heterocycles. The molecule has 3 amide bonds. The SMILES string of the molecule is COC(=O)N[C@H](C(=O)N1[C@H](c2nc3ccc(-c4ccc5cc(-c6ccc7nc([C@@H]8C[C@H]9[C@@H](C)[C@H]9N8C(O)[C@H](NC(=O)OC)c8ccccc8)[nH]c7c6)ccc5c4)cc3[nH]2)C2C3[C@H]2[C@@H]31)c1ccccc1. The van der Waals surface area contributed by atoms with Gasteiger partial charge in [0.05, 0.1) is 54.4 Å². The van der Waals surface area contributed by atoms with Crippen LogP contribution >= 0.6 is 0 Å². The Morgan fingerprint density at radius 3 is 1.80 bits per heavy atom. The fourth-order valence-electron chi connectivity index (χ4n) is 12.3. The topological polar surface area (TPSA) is 178 Å². The summed E-state index contributed by atoms with van der Waals surface area (Å²) < 4.78 is 9.87. The second-order valence-electron chi connectivity index (χ2n) is 19.5. The molecule has 3 saturated carbocycles. The predicted molar refractivity (Wildman–Crippen MR) is 259 cm³/mol. The minimum absolute atomic E-state index is 0.147. The molecular formula is C55H50N8O6. The van der Waals surface area contributed by atoms with Gasteiger partial charge in [0.15, 0.2) is 0 Å². The Labute approximate surface area is 397 Å². The van der Waals surface area contributed by atoms with Crippen molar-refractivity contribution >= 4 is 50.9 Å². The molecule has 5 N–H and O–H groups in total. The zero-order chi connectivity index (χ0) is 46.8. The van der Waals surface area contributed by atoms with E-state index in [1.807, 2.05) is 71.6 Å². The number of piperidine rings is 2. The van der Waals surface area contributed by atoms with Crippen molar-refractivity contribution in [2.75, 3.05) is 14.2 Å². The second kappa shape index (κ2) is 15.8. The van der Waals surface area contributed by atoms with Crippen molar-refractivity contribution in [1.29, 1.82) is 0 Å². The number of H-pyrrole nitrogens is 2. The van der Waals surface area contributed by atoms with Crippen LogP contribution in [-0.4, -0.2) is 85.5 Å². The Kier molecular flexibility index (Phi) is 9.50. The van der Waals surface area contributed by atoms with Gasteiger partial charge in [-0.2, -0.15) is 0 Å². The van der Waals surface area contributed by atoms with Crippen molar-refractivity contribution < 1.29 is 29.0 Å². The van der Waals surface area contributed by atoms with Crippen LogP contribution in [0.15, 0.2) is 133 Å². The van der Waals surface area contributed by atoms with Crippen LogP contribution in [0.3, 0.4) is 0 Å². The van der Waals surface area contributed by atoms with Crippen molar-refractivity contribution in [2.45, 2.75) is 55.8 Å². The van der Waals surface area contributed by atoms with Crippen molar-refractivity contribution in [3.8, 4) is 22.3 Å². The van der Waals surface area contributed by atoms with Gasteiger partial charge in [-0.25, -0.2) is 19.6 Å². The number of hydrogen-bond acceptors (Lipinski definition) is 9. The van der Waals surface area contributed by atoms with Crippen LogP contribution in [-0.2, 0) is 14.3 Å². The molecule has 0 spiro atoms. The third-order valence-corrected chi connectivity index (χ3v) is 15.9. The van der Waals surface area contributed by atoms with E-state index in [1.165, 1.54) is 14.2 Å². The number of aromatic nitrogens is 4. The predicted octanol–water partition coefficient (Wildman–Crippen LogP) is 8.95. The molecule has 3 unspecified atom stereocenters. The maximum absolute atomic E-state index is 14.3. The number of amides is 3. The van der Waals surface area contributed by atoms with Gasteiger partial charge in [0.2, 0.25) is 0 Å². The van der Waals surface area contributed by atoms with Crippen LogP contribution in [0.2, 0.25) is 0 Å². The molecule has 0 radical (unpaired) electrons. The minimum Gasteiger partial charge on any atom is -0.453 e. The number of aliphatic hydroxyl groups is 1. The number of nitrogens with zero attached hydrogens (tertiary/aromatic N) is 4. The lowest BCUT2D eigenvalue weighted by molar-refractivity contribution is -0.135. The van der Waals surface area contributed by atoms with E-state index < -0.39 is 30.5 Å². The van der Waals surface area contributed by atoms with E-state index in [1.54, 1.807) is 0 Å². The van der Waals surface area contributed by atoms with Crippen LogP contribution < -0.4 is 10.6 Å². The maximum atomic E-state index is 14.3. The number of hydrogen-bond donors (Lipinski definition) is 5. The lowest BCUT2D eigenvalue weighted by Gasteiger charge is -2.36. The van der Waals surface area contributed by atoms with Gasteiger partial charge in [0.1, 0.15) is 23.9 Å². The number of benzene rings is 6. The fraction of sp³-hybridized carbons (Fsp3) is 0.291. The van der Waals surface area contributed by atoms with E-state index in [-0.39, 0.29) is 30.1 Å². The molecule has 69 heavy (non-hydrogen) atoms. The molecule has 6 aliphatic rings. The Morgan fingerprint density at radius 1 is 0.652 bits per heavy atom. The maximum Gasteiger partial charge on any atom is 0.407 e. The van der Waals surface area contributed by atoms with Gasteiger partial charge >= 0.3 is 12.2 Å². The number of aromatic amines is 2. The first-order valence-corrected chi connectivity index (χ1v) is 23.8. The number of imidazole rings is 2. The highest BCUT2D eigenvalue weighted by molar-refractivity contribution is 5.93. The summed E-state index contributed by atoms with van der Waals surface area (Å²) in [6.07, 6.45) is -1.39. The minimum atomic E-state index is -1.00. The van der Waals surface area contributed by atoms with Crippen molar-refractivity contribution in [3.05, 3.63) is 156 Å². The smallest absolute Gasteiger partial charge is 0.407 e. The molecular weight excluding hydrogens is 869 g/mol. The molecule has 3 saturated heterocycles. The third-order valence-electron chi connectivity index (χ3n) is 15.9. The largest absolute Gasteiger partial charge is 0.453 e. The molecule has 14 nitrogen and oxygen atoms in total. The van der Waals surface area contributed by atoms with E-state index in [2.05, 4.69) is 99.2 Å². The molecule has 14 rings (SSSR count). The number of fused-ring (bicyclic) bond motifs is 5. The van der Waals surface area contributed by atoms with Crippen molar-refractivity contribution in [2.24, 2.45) is 29.6 Å². The van der Waals surface area contributed by atoms with Crippen LogP contribution in [0, 0.1) is 29.6 Å². The molecule has 2 bridgehead atoms. The molecule has 2 aromatic heterocycles. The molecule has 3 aliphatic heterocycles. The summed E-state index contributed by atoms with van der Waals surface area (Å²) in [5, 5.41) is 20.0. The van der Waals surface area contributed by atoms with Crippen molar-refractivity contribution in [1.82, 2.24) is 40.4 Å². The number of likely N-dealkylation sites (tertiary alicyclic amines) is 1. The first-order chi connectivity index (χ1) is 33.7. The summed E-state index contributed by atoms with van der Waals surface area (Å²) in [5.41, 5.74) is 9.31. The van der Waals surface area contributed by atoms with Gasteiger partial charge in [0.25, 0.3) is 5.91 Å². The van der Waals surface area contributed by atoms with E-state index in [9.17, 15) is 19.5 Å². The average molecular weight is 919 g/mol. The monoisotopic (exact) mass is 918 g/mol. The molecule has 14 heteroatoms. The summed E-state index contributed by atoms with van der Waals surface area (Å²) in [6.45, 7) is 2.22. The zero-order valence-corrected chi connectivity index (χ0v) is 38.1. The van der Waals surface area contributed by atoms with Crippen molar-refractivity contribution in [3.63, 3.8) is 0 Å². The quantitative estimate of drug-likeness (QED) is 0.0848. The number of aliphatic hydroxyl groups excluding tert-OH is 1. The highest BCUT2D eigenvalue weighted by Crippen LogP contribution is 2.81. The number of nitrogens with one attached hydrogen (secondary N) is 4. The Balaban J connectivity index is 0.741. The summed E-state index contributed by atoms with van der Waals surface area (Å²) in [7, 11) is 2.63. The second-order valence-corrected chi connectivity index (χ2v) is 19.5. The van der Waals surface area contributed by atoms with Gasteiger partial charge in [-0.05, 0) is 117 Å². The summed E-state index contributed by atoms with van der Waals surface area (Å²) in [4.78, 5) is 60.7. The number of methoxy groups -OCH3 is 2. The average Bonchev–Trinajstić information content (AvgIpc) is 4.10. The van der Waals surface area contributed by atoms with Crippen LogP contribution in [0.25, 0.3) is 55.1 Å². The Hall–Kier alpha value is -7.55. The zero-order valence-electron chi connectivity index (χ0n) is 38.1. The number of carbonyl (C=O) groups is 3. The summed E-state index contributed by atoms with van der Waals surface area (Å²) >= 11 is 0. The van der Waals surface area contributed by atoms with Gasteiger partial charge < -0.3 is 40.1 Å². The van der Waals surface area contributed by atoms with Gasteiger partial charge in [-0.3, -0.25) is 9.69 Å². The fourth-order valence-corrected chi connectivity index (χ4v) is 12.3. The number of rotatable bonds is 11. The van der Waals surface area contributed by atoms with Gasteiger partial charge in [-0.1, -0.05) is 104 Å². The van der Waals surface area contributed by atoms with Crippen LogP contribution in [0.1, 0.15) is 60.3 Å². The number of ether oxygens (including phenoxy) is 2. The number of alkyl carbamates (subject to hydrolysis) is 2. The molecule has 6 fully saturated rings. The van der Waals surface area contributed by atoms with E-state index in [4.69, 9.17) is 19.4 Å². The van der Waals surface area contributed by atoms with Gasteiger partial charge in [0, 0.05) is 12.1 Å².